The number of fused-ring (bicyclic) bond motifs is 1. The van der Waals surface area contributed by atoms with Crippen LogP contribution >= 0.6 is 11.6 Å². The first-order valence-corrected chi connectivity index (χ1v) is 13.3. The minimum Gasteiger partial charge on any atom is -0.425 e. The number of carbonyl (C=O) groups is 3. The predicted octanol–water partition coefficient (Wildman–Crippen LogP) is 2.28. The number of benzene rings is 1. The van der Waals surface area contributed by atoms with Crippen LogP contribution in [0.2, 0.25) is 5.02 Å². The molecule has 4 N–H and O–H groups in total. The lowest BCUT2D eigenvalue weighted by atomic mass is 10.1. The molecule has 0 unspecified atom stereocenters. The van der Waals surface area contributed by atoms with Crippen LogP contribution in [0.25, 0.3) is 16.9 Å². The quantitative estimate of drug-likeness (QED) is 0.190. The molecule has 0 radical (unpaired) electrons. The van der Waals surface area contributed by atoms with Crippen LogP contribution < -0.4 is 26.0 Å². The summed E-state index contributed by atoms with van der Waals surface area (Å²) in [5.41, 5.74) is -1.42. The molecule has 0 aliphatic carbocycles. The Morgan fingerprint density at radius 2 is 2.11 bits per heavy atom. The summed E-state index contributed by atoms with van der Waals surface area (Å²) >= 11 is 6.42. The molecule has 0 bridgehead atoms. The minimum absolute atomic E-state index is 0.0182. The van der Waals surface area contributed by atoms with E-state index in [2.05, 4.69) is 36.3 Å². The van der Waals surface area contributed by atoms with E-state index >= 15 is 0 Å². The number of carbonyl (C=O) groups excluding carboxylic acids is 3. The van der Waals surface area contributed by atoms with Gasteiger partial charge in [0.05, 0.1) is 46.3 Å². The van der Waals surface area contributed by atoms with Crippen molar-refractivity contribution >= 4 is 47.0 Å². The summed E-state index contributed by atoms with van der Waals surface area (Å²) in [7, 11) is 0. The molecule has 1 saturated heterocycles. The minimum atomic E-state index is -4.81. The number of nitrogens with one attached hydrogen (secondary N) is 4. The van der Waals surface area contributed by atoms with Crippen molar-refractivity contribution in [1.29, 1.82) is 5.26 Å². The van der Waals surface area contributed by atoms with Crippen LogP contribution in [0.15, 0.2) is 36.9 Å². The number of amides is 2. The third-order valence-corrected chi connectivity index (χ3v) is 6.94. The SMILES string of the molecule is N#CCn1cc(-c2cnc3c(Nc4ccc(C(=O)NCC(=O)N[C@@H]5CCNC5)c(Cl)c4OC=O)nccn23)c(C(F)(F)F)n1. The van der Waals surface area contributed by atoms with Crippen LogP contribution in [0.3, 0.4) is 0 Å². The van der Waals surface area contributed by atoms with Crippen molar-refractivity contribution in [2.45, 2.75) is 25.2 Å². The zero-order chi connectivity index (χ0) is 31.4. The molecule has 4 aromatic rings. The fraction of sp³-hybridized carbons (Fsp3) is 0.269. The van der Waals surface area contributed by atoms with Crippen molar-refractivity contribution in [3.05, 3.63) is 53.2 Å². The van der Waals surface area contributed by atoms with Gasteiger partial charge in [0.1, 0.15) is 6.54 Å². The van der Waals surface area contributed by atoms with Crippen molar-refractivity contribution in [3.8, 4) is 23.1 Å². The summed E-state index contributed by atoms with van der Waals surface area (Å²) in [6, 6.07) is 4.41. The second-order valence-electron chi connectivity index (χ2n) is 9.44. The van der Waals surface area contributed by atoms with E-state index in [1.54, 1.807) is 6.07 Å². The Kier molecular flexibility index (Phi) is 8.64. The van der Waals surface area contributed by atoms with E-state index in [0.29, 0.717) is 6.54 Å². The van der Waals surface area contributed by atoms with Gasteiger partial charge < -0.3 is 26.0 Å². The fourth-order valence-corrected chi connectivity index (χ4v) is 4.91. The van der Waals surface area contributed by atoms with Gasteiger partial charge in [-0.15, -0.1) is 0 Å². The Morgan fingerprint density at radius 3 is 2.82 bits per heavy atom. The first kappa shape index (κ1) is 30.3. The Morgan fingerprint density at radius 1 is 1.30 bits per heavy atom. The van der Waals surface area contributed by atoms with E-state index < -0.39 is 24.3 Å². The summed E-state index contributed by atoms with van der Waals surface area (Å²) in [5.74, 6) is -1.29. The molecule has 0 spiro atoms. The van der Waals surface area contributed by atoms with Gasteiger partial charge in [0.15, 0.2) is 22.9 Å². The summed E-state index contributed by atoms with van der Waals surface area (Å²) in [6.07, 6.45) is 0.928. The maximum Gasteiger partial charge on any atom is 0.435 e. The molecular weight excluding hydrogens is 609 g/mol. The maximum atomic E-state index is 13.8. The normalized spacial score (nSPS) is 14.7. The van der Waals surface area contributed by atoms with Crippen LogP contribution in [0.4, 0.5) is 24.7 Å². The number of nitrogens with zero attached hydrogens (tertiary/aromatic N) is 6. The van der Waals surface area contributed by atoms with Gasteiger partial charge in [-0.3, -0.25) is 23.5 Å². The van der Waals surface area contributed by atoms with Crippen molar-refractivity contribution in [1.82, 2.24) is 40.1 Å². The molecule has 18 heteroatoms. The molecule has 1 aliphatic heterocycles. The Balaban J connectivity index is 1.41. The molecule has 0 saturated carbocycles. The number of hydrogen-bond donors (Lipinski definition) is 4. The van der Waals surface area contributed by atoms with Gasteiger partial charge in [-0.05, 0) is 25.1 Å². The van der Waals surface area contributed by atoms with Crippen molar-refractivity contribution in [2.75, 3.05) is 25.0 Å². The average Bonchev–Trinajstić information content (AvgIpc) is 3.74. The third kappa shape index (κ3) is 6.26. The van der Waals surface area contributed by atoms with Crippen molar-refractivity contribution in [2.24, 2.45) is 0 Å². The second kappa shape index (κ2) is 12.6. The lowest BCUT2D eigenvalue weighted by Crippen LogP contribution is -2.42. The summed E-state index contributed by atoms with van der Waals surface area (Å²) in [4.78, 5) is 44.7. The summed E-state index contributed by atoms with van der Waals surface area (Å²) in [5, 5.41) is 23.4. The Bertz CT molecular complexity index is 1780. The summed E-state index contributed by atoms with van der Waals surface area (Å²) < 4.78 is 48.5. The number of alkyl halides is 3. The molecule has 1 aromatic carbocycles. The highest BCUT2D eigenvalue weighted by molar-refractivity contribution is 6.36. The fourth-order valence-electron chi connectivity index (χ4n) is 4.61. The van der Waals surface area contributed by atoms with Gasteiger partial charge in [0.25, 0.3) is 12.4 Å². The van der Waals surface area contributed by atoms with Crippen LogP contribution in [-0.2, 0) is 22.3 Å². The number of hydrogen-bond acceptors (Lipinski definition) is 10. The van der Waals surface area contributed by atoms with Gasteiger partial charge in [-0.1, -0.05) is 11.6 Å². The van der Waals surface area contributed by atoms with E-state index in [1.807, 2.05) is 0 Å². The van der Waals surface area contributed by atoms with Gasteiger partial charge >= 0.3 is 6.18 Å². The molecule has 4 heterocycles. The lowest BCUT2D eigenvalue weighted by Gasteiger charge is -2.15. The zero-order valence-corrected chi connectivity index (χ0v) is 23.2. The molecule has 3 aromatic heterocycles. The van der Waals surface area contributed by atoms with Gasteiger partial charge in [0.2, 0.25) is 5.91 Å². The van der Waals surface area contributed by atoms with E-state index in [1.165, 1.54) is 35.1 Å². The maximum absolute atomic E-state index is 13.8. The number of aromatic nitrogens is 5. The average molecular weight is 631 g/mol. The molecular formula is C26H22ClF3N10O4. The topological polar surface area (TPSA) is 180 Å². The first-order chi connectivity index (χ1) is 21.1. The molecule has 228 valence electrons. The molecule has 44 heavy (non-hydrogen) atoms. The van der Waals surface area contributed by atoms with E-state index in [9.17, 15) is 27.6 Å². The highest BCUT2D eigenvalue weighted by Crippen LogP contribution is 2.39. The molecule has 2 amide bonds. The zero-order valence-electron chi connectivity index (χ0n) is 22.5. The van der Waals surface area contributed by atoms with Crippen molar-refractivity contribution in [3.63, 3.8) is 0 Å². The standard InChI is InChI=1S/C26H22ClF3N10O4/c27-20-15(25(43)35-11-19(42)36-14-3-5-32-9-14)1-2-17(21(20)44-13-41)37-23-24-34-10-18(40(24)8-6-33-23)16-12-39(7-4-31)38-22(16)26(28,29)30/h1-2,6,8,10,12-14,32H,3,5,7,9,11H2,(H,33,37)(H,35,43)(H,36,42)/t14-/m1/s1. The lowest BCUT2D eigenvalue weighted by molar-refractivity contribution is -0.141. The van der Waals surface area contributed by atoms with Crippen LogP contribution in [-0.4, -0.2) is 68.1 Å². The Hall–Kier alpha value is -5.21. The highest BCUT2D eigenvalue weighted by Gasteiger charge is 2.38. The number of ether oxygens (including phenoxy) is 1. The predicted molar refractivity (Wildman–Crippen MR) is 148 cm³/mol. The van der Waals surface area contributed by atoms with E-state index in [4.69, 9.17) is 21.6 Å². The number of imidazole rings is 1. The summed E-state index contributed by atoms with van der Waals surface area (Å²) in [6.45, 7) is 0.808. The molecule has 14 nitrogen and oxygen atoms in total. The number of rotatable bonds is 10. The number of anilines is 2. The third-order valence-electron chi connectivity index (χ3n) is 6.56. The van der Waals surface area contributed by atoms with Crippen LogP contribution in [0.5, 0.6) is 5.75 Å². The monoisotopic (exact) mass is 630 g/mol. The van der Waals surface area contributed by atoms with E-state index in [0.717, 1.165) is 23.8 Å². The largest absolute Gasteiger partial charge is 0.435 e. The smallest absolute Gasteiger partial charge is 0.425 e. The molecule has 1 atom stereocenters. The Labute approximate surface area is 251 Å². The highest BCUT2D eigenvalue weighted by atomic mass is 35.5. The van der Waals surface area contributed by atoms with Crippen LogP contribution in [0.1, 0.15) is 22.5 Å². The van der Waals surface area contributed by atoms with Gasteiger partial charge in [-0.2, -0.15) is 23.5 Å². The number of nitriles is 1. The van der Waals surface area contributed by atoms with Crippen LogP contribution in [0, 0.1) is 11.3 Å². The van der Waals surface area contributed by atoms with Crippen molar-refractivity contribution < 1.29 is 32.3 Å². The molecule has 1 aliphatic rings. The number of halogens is 4. The van der Waals surface area contributed by atoms with Gasteiger partial charge in [0, 0.05) is 31.2 Å². The first-order valence-electron chi connectivity index (χ1n) is 12.9. The van der Waals surface area contributed by atoms with Gasteiger partial charge in [-0.25, -0.2) is 9.97 Å². The second-order valence-corrected chi connectivity index (χ2v) is 9.82. The molecule has 5 rings (SSSR count). The molecule has 1 fully saturated rings. The van der Waals surface area contributed by atoms with E-state index in [-0.39, 0.29) is 69.7 Å².